The van der Waals surface area contributed by atoms with Gasteiger partial charge in [-0.3, -0.25) is 14.3 Å². The van der Waals surface area contributed by atoms with Crippen molar-refractivity contribution in [1.29, 1.82) is 0 Å². The maximum atomic E-state index is 12.9. The lowest BCUT2D eigenvalue weighted by Crippen LogP contribution is -2.22. The van der Waals surface area contributed by atoms with E-state index >= 15 is 0 Å². The lowest BCUT2D eigenvalue weighted by Gasteiger charge is -2.14. The Morgan fingerprint density at radius 1 is 1.06 bits per heavy atom. The molecule has 0 radical (unpaired) electrons. The Labute approximate surface area is 203 Å². The van der Waals surface area contributed by atoms with E-state index in [-0.39, 0.29) is 5.91 Å². The molecule has 174 valence electrons. The summed E-state index contributed by atoms with van der Waals surface area (Å²) in [5.74, 6) is 1.35. The van der Waals surface area contributed by atoms with E-state index in [9.17, 15) is 4.79 Å². The highest BCUT2D eigenvalue weighted by Crippen LogP contribution is 2.31. The van der Waals surface area contributed by atoms with Crippen molar-refractivity contribution in [2.45, 2.75) is 37.6 Å². The summed E-state index contributed by atoms with van der Waals surface area (Å²) in [6.07, 6.45) is 4.43. The van der Waals surface area contributed by atoms with Crippen LogP contribution in [0.1, 0.15) is 26.3 Å². The highest BCUT2D eigenvalue weighted by molar-refractivity contribution is 8.00. The highest BCUT2D eigenvalue weighted by Gasteiger charge is 2.22. The van der Waals surface area contributed by atoms with Gasteiger partial charge in [-0.15, -0.1) is 10.2 Å². The third-order valence-electron chi connectivity index (χ3n) is 5.24. The Morgan fingerprint density at radius 2 is 1.82 bits per heavy atom. The van der Waals surface area contributed by atoms with E-state index in [1.54, 1.807) is 12.4 Å². The highest BCUT2D eigenvalue weighted by atomic mass is 32.2. The summed E-state index contributed by atoms with van der Waals surface area (Å²) >= 11 is 1.36. The van der Waals surface area contributed by atoms with Crippen LogP contribution in [0.5, 0.6) is 5.75 Å². The van der Waals surface area contributed by atoms with Crippen molar-refractivity contribution in [3.8, 4) is 22.8 Å². The quantitative estimate of drug-likeness (QED) is 0.327. The molecule has 7 nitrogen and oxygen atoms in total. The van der Waals surface area contributed by atoms with Crippen LogP contribution in [0.2, 0.25) is 0 Å². The predicted molar refractivity (Wildman–Crippen MR) is 136 cm³/mol. The molecule has 0 saturated carbocycles. The molecule has 0 aliphatic rings. The van der Waals surface area contributed by atoms with E-state index in [0.717, 1.165) is 29.1 Å². The zero-order valence-corrected chi connectivity index (χ0v) is 20.2. The van der Waals surface area contributed by atoms with Gasteiger partial charge in [-0.2, -0.15) is 0 Å². The Morgan fingerprint density at radius 3 is 2.47 bits per heavy atom. The Kier molecular flexibility index (Phi) is 7.59. The molecule has 0 bridgehead atoms. The van der Waals surface area contributed by atoms with Crippen molar-refractivity contribution in [2.75, 3.05) is 11.9 Å². The van der Waals surface area contributed by atoms with Crippen molar-refractivity contribution in [2.24, 2.45) is 0 Å². The number of nitrogens with one attached hydrogen (secondary N) is 1. The summed E-state index contributed by atoms with van der Waals surface area (Å²) in [5, 5.41) is 12.1. The molecule has 4 rings (SSSR count). The van der Waals surface area contributed by atoms with Crippen molar-refractivity contribution in [1.82, 2.24) is 19.7 Å². The normalized spacial score (nSPS) is 11.7. The first kappa shape index (κ1) is 23.5. The van der Waals surface area contributed by atoms with Crippen molar-refractivity contribution >= 4 is 23.4 Å². The fourth-order valence-electron chi connectivity index (χ4n) is 3.40. The van der Waals surface area contributed by atoms with Crippen molar-refractivity contribution in [3.63, 3.8) is 0 Å². The third kappa shape index (κ3) is 5.46. The summed E-state index contributed by atoms with van der Waals surface area (Å²) < 4.78 is 7.52. The molecule has 34 heavy (non-hydrogen) atoms. The summed E-state index contributed by atoms with van der Waals surface area (Å²) in [7, 11) is 0. The van der Waals surface area contributed by atoms with Crippen molar-refractivity contribution in [3.05, 3.63) is 78.6 Å². The number of aryl methyl sites for hydroxylation is 1. The van der Waals surface area contributed by atoms with Crippen LogP contribution in [-0.4, -0.2) is 37.5 Å². The average Bonchev–Trinajstić information content (AvgIpc) is 3.29. The molecule has 0 spiro atoms. The fraction of sp³-hybridized carbons (Fsp3) is 0.231. The molecule has 0 fully saturated rings. The molecular formula is C26H27N5O2S. The van der Waals surface area contributed by atoms with Gasteiger partial charge in [-0.25, -0.2) is 0 Å². The molecule has 0 aliphatic carbocycles. The molecule has 2 heterocycles. The van der Waals surface area contributed by atoms with E-state index in [0.29, 0.717) is 17.6 Å². The van der Waals surface area contributed by atoms with Gasteiger partial charge >= 0.3 is 0 Å². The van der Waals surface area contributed by atoms with E-state index < -0.39 is 5.25 Å². The molecule has 8 heteroatoms. The monoisotopic (exact) mass is 473 g/mol. The molecule has 0 aliphatic heterocycles. The van der Waals surface area contributed by atoms with Crippen molar-refractivity contribution < 1.29 is 9.53 Å². The number of carbonyl (C=O) groups is 1. The largest absolute Gasteiger partial charge is 0.494 e. The van der Waals surface area contributed by atoms with Gasteiger partial charge < -0.3 is 10.1 Å². The number of anilines is 1. The van der Waals surface area contributed by atoms with Crippen LogP contribution in [-0.2, 0) is 11.2 Å². The average molecular weight is 474 g/mol. The smallest absolute Gasteiger partial charge is 0.237 e. The SMILES string of the molecule is CCOc1ccc(-n2c(SC(C)C(=O)Nc3ccc(CC)cc3)nnc2-c2cccnc2)cc1. The number of aromatic nitrogens is 4. The Bertz CT molecular complexity index is 1220. The minimum Gasteiger partial charge on any atom is -0.494 e. The van der Waals surface area contributed by atoms with Crippen LogP contribution in [0, 0.1) is 0 Å². The summed E-state index contributed by atoms with van der Waals surface area (Å²) in [5.41, 5.74) is 3.71. The van der Waals surface area contributed by atoms with Gasteiger partial charge in [-0.1, -0.05) is 30.8 Å². The first-order valence-corrected chi connectivity index (χ1v) is 12.1. The number of hydrogen-bond donors (Lipinski definition) is 1. The molecule has 2 aromatic heterocycles. The molecular weight excluding hydrogens is 446 g/mol. The van der Waals surface area contributed by atoms with Crippen LogP contribution in [0.3, 0.4) is 0 Å². The maximum Gasteiger partial charge on any atom is 0.237 e. The third-order valence-corrected chi connectivity index (χ3v) is 6.28. The molecule has 4 aromatic rings. The summed E-state index contributed by atoms with van der Waals surface area (Å²) in [6, 6.07) is 19.4. The number of amides is 1. The van der Waals surface area contributed by atoms with E-state index in [4.69, 9.17) is 4.74 Å². The summed E-state index contributed by atoms with van der Waals surface area (Å²) in [4.78, 5) is 17.1. The molecule has 1 atom stereocenters. The van der Waals surface area contributed by atoms with E-state index in [2.05, 4.69) is 27.4 Å². The standard InChI is InChI=1S/C26H27N5O2S/c1-4-19-8-10-21(11-9-19)28-25(32)18(3)34-26-30-29-24(20-7-6-16-27-17-20)31(26)22-12-14-23(15-13-22)33-5-2/h6-18H,4-5H2,1-3H3,(H,28,32). The number of rotatable bonds is 9. The number of benzene rings is 2. The van der Waals surface area contributed by atoms with Crippen LogP contribution < -0.4 is 10.1 Å². The maximum absolute atomic E-state index is 12.9. The zero-order chi connectivity index (χ0) is 23.9. The number of nitrogens with zero attached hydrogens (tertiary/aromatic N) is 4. The van der Waals surface area contributed by atoms with Gasteiger partial charge in [0.2, 0.25) is 5.91 Å². The minimum absolute atomic E-state index is 0.0987. The number of hydrogen-bond acceptors (Lipinski definition) is 6. The fourth-order valence-corrected chi connectivity index (χ4v) is 4.27. The molecule has 1 amide bonds. The molecule has 2 aromatic carbocycles. The molecule has 1 unspecified atom stereocenters. The van der Waals surface area contributed by atoms with Gasteiger partial charge in [0.15, 0.2) is 11.0 Å². The predicted octanol–water partition coefficient (Wildman–Crippen LogP) is 5.41. The van der Waals surface area contributed by atoms with E-state index in [1.807, 2.05) is 79.1 Å². The van der Waals surface area contributed by atoms with Gasteiger partial charge in [0, 0.05) is 29.3 Å². The van der Waals surface area contributed by atoms with Gasteiger partial charge in [0.25, 0.3) is 0 Å². The number of carbonyl (C=O) groups excluding carboxylic acids is 1. The molecule has 0 saturated heterocycles. The first-order chi connectivity index (χ1) is 16.6. The second kappa shape index (κ2) is 11.0. The zero-order valence-electron chi connectivity index (χ0n) is 19.4. The first-order valence-electron chi connectivity index (χ1n) is 11.2. The number of pyridine rings is 1. The Balaban J connectivity index is 1.60. The van der Waals surface area contributed by atoms with Gasteiger partial charge in [0.1, 0.15) is 5.75 Å². The number of ether oxygens (including phenoxy) is 1. The summed E-state index contributed by atoms with van der Waals surface area (Å²) in [6.45, 7) is 6.52. The van der Waals surface area contributed by atoms with Gasteiger partial charge in [-0.05, 0) is 74.4 Å². The van der Waals surface area contributed by atoms with Crippen LogP contribution in [0.4, 0.5) is 5.69 Å². The van der Waals surface area contributed by atoms with Crippen LogP contribution in [0.15, 0.2) is 78.2 Å². The topological polar surface area (TPSA) is 81.9 Å². The van der Waals surface area contributed by atoms with Gasteiger partial charge in [0.05, 0.1) is 11.9 Å². The number of thioether (sulfide) groups is 1. The van der Waals surface area contributed by atoms with E-state index in [1.165, 1.54) is 17.3 Å². The molecule has 1 N–H and O–H groups in total. The van der Waals surface area contributed by atoms with Crippen LogP contribution in [0.25, 0.3) is 17.1 Å². The second-order valence-corrected chi connectivity index (χ2v) is 8.92. The lowest BCUT2D eigenvalue weighted by atomic mass is 10.1. The van der Waals surface area contributed by atoms with Crippen LogP contribution >= 0.6 is 11.8 Å². The minimum atomic E-state index is -0.391. The Hall–Kier alpha value is -3.65. The second-order valence-electron chi connectivity index (χ2n) is 7.61. The lowest BCUT2D eigenvalue weighted by molar-refractivity contribution is -0.115.